The summed E-state index contributed by atoms with van der Waals surface area (Å²) in [6.45, 7) is 5.58. The van der Waals surface area contributed by atoms with Gasteiger partial charge in [0.25, 0.3) is 0 Å². The fourth-order valence-corrected chi connectivity index (χ4v) is 8.28. The predicted octanol–water partition coefficient (Wildman–Crippen LogP) is 0.269. The SMILES string of the molecule is C=C[C@@H]1C[C@]1(C(=O)NS(=O)(=O)N1CCCC1)C1CCC12CC21CNC(C(N)=O)C1. The van der Waals surface area contributed by atoms with Gasteiger partial charge in [-0.25, -0.2) is 4.72 Å². The quantitative estimate of drug-likeness (QED) is 0.531. The van der Waals surface area contributed by atoms with E-state index in [1.165, 1.54) is 4.31 Å². The highest BCUT2D eigenvalue weighted by atomic mass is 32.2. The highest BCUT2D eigenvalue weighted by Crippen LogP contribution is 2.84. The van der Waals surface area contributed by atoms with E-state index in [1.807, 2.05) is 6.08 Å². The molecule has 2 heterocycles. The number of fused-ring (bicyclic) bond motifs is 1. The summed E-state index contributed by atoms with van der Waals surface area (Å²) in [6, 6.07) is -0.301. The minimum absolute atomic E-state index is 0.0115. The van der Waals surface area contributed by atoms with Gasteiger partial charge >= 0.3 is 10.2 Å². The predicted molar refractivity (Wildman–Crippen MR) is 106 cm³/mol. The zero-order valence-electron chi connectivity index (χ0n) is 16.7. The lowest BCUT2D eigenvalue weighted by molar-refractivity contribution is -0.132. The molecule has 2 saturated heterocycles. The lowest BCUT2D eigenvalue weighted by Crippen LogP contribution is -2.51. The molecule has 5 aliphatic rings. The number of rotatable bonds is 6. The van der Waals surface area contributed by atoms with E-state index in [4.69, 9.17) is 5.73 Å². The lowest BCUT2D eigenvalue weighted by atomic mass is 9.58. The van der Waals surface area contributed by atoms with Gasteiger partial charge in [0.1, 0.15) is 0 Å². The largest absolute Gasteiger partial charge is 0.368 e. The molecule has 0 aromatic rings. The molecule has 0 radical (unpaired) electrons. The molecule has 4 N–H and O–H groups in total. The third-order valence-corrected chi connectivity index (χ3v) is 10.3. The second-order valence-electron chi connectivity index (χ2n) is 9.87. The van der Waals surface area contributed by atoms with Gasteiger partial charge in [0, 0.05) is 19.6 Å². The summed E-state index contributed by atoms with van der Waals surface area (Å²) >= 11 is 0. The van der Waals surface area contributed by atoms with Crippen LogP contribution in [0, 0.1) is 28.1 Å². The van der Waals surface area contributed by atoms with E-state index in [9.17, 15) is 18.0 Å². The molecule has 5 rings (SSSR count). The van der Waals surface area contributed by atoms with Crippen LogP contribution < -0.4 is 15.8 Å². The van der Waals surface area contributed by atoms with Crippen LogP contribution in [0.4, 0.5) is 0 Å². The van der Waals surface area contributed by atoms with Crippen molar-refractivity contribution in [2.45, 2.75) is 51.0 Å². The van der Waals surface area contributed by atoms with E-state index in [0.29, 0.717) is 19.5 Å². The zero-order chi connectivity index (χ0) is 20.7. The summed E-state index contributed by atoms with van der Waals surface area (Å²) < 4.78 is 29.2. The standard InChI is InChI=1S/C20H30N4O4S/c1-2-13-9-20(13,17(26)23-29(27,28)24-7-3-4-8-24)15-5-6-19(15)11-18(19)10-14(16(21)25)22-12-18/h2,13-15,22H,1,3-12H2,(H2,21,25)(H,23,26)/t13-,14?,15?,18?,19?,20-/m1/s1. The first-order valence-corrected chi connectivity index (χ1v) is 12.1. The Labute approximate surface area is 171 Å². The van der Waals surface area contributed by atoms with E-state index >= 15 is 0 Å². The average Bonchev–Trinajstić information content (AvgIpc) is 3.30. The fraction of sp³-hybridized carbons (Fsp3) is 0.800. The summed E-state index contributed by atoms with van der Waals surface area (Å²) in [6.07, 6.45) is 7.79. The number of primary amides is 1. The summed E-state index contributed by atoms with van der Waals surface area (Å²) in [5.41, 5.74) is 4.86. The smallest absolute Gasteiger partial charge is 0.303 e. The van der Waals surface area contributed by atoms with Crippen molar-refractivity contribution in [3.8, 4) is 0 Å². The molecule has 4 unspecified atom stereocenters. The van der Waals surface area contributed by atoms with Crippen molar-refractivity contribution in [1.29, 1.82) is 0 Å². The van der Waals surface area contributed by atoms with Crippen molar-refractivity contribution in [2.75, 3.05) is 19.6 Å². The molecule has 0 aromatic carbocycles. The molecule has 3 aliphatic carbocycles. The normalized spacial score (nSPS) is 45.9. The van der Waals surface area contributed by atoms with Crippen molar-refractivity contribution in [1.82, 2.24) is 14.3 Å². The van der Waals surface area contributed by atoms with Crippen LogP contribution in [-0.2, 0) is 19.8 Å². The molecule has 2 amide bonds. The molecule has 9 heteroatoms. The first-order chi connectivity index (χ1) is 13.7. The molecule has 160 valence electrons. The second-order valence-corrected chi connectivity index (χ2v) is 11.5. The van der Waals surface area contributed by atoms with Gasteiger partial charge in [0.05, 0.1) is 11.5 Å². The number of carbonyl (C=O) groups is 2. The molecule has 2 aliphatic heterocycles. The van der Waals surface area contributed by atoms with E-state index < -0.39 is 15.6 Å². The van der Waals surface area contributed by atoms with Crippen LogP contribution in [-0.4, -0.2) is 50.2 Å². The molecular weight excluding hydrogens is 392 g/mol. The third kappa shape index (κ3) is 2.53. The molecule has 6 atom stereocenters. The zero-order valence-corrected chi connectivity index (χ0v) is 17.5. The van der Waals surface area contributed by atoms with E-state index in [-0.39, 0.29) is 40.5 Å². The molecular formula is C20H30N4O4S. The Kier molecular flexibility index (Phi) is 4.07. The number of carbonyl (C=O) groups excluding carboxylic acids is 2. The minimum Gasteiger partial charge on any atom is -0.368 e. The van der Waals surface area contributed by atoms with Gasteiger partial charge in [-0.1, -0.05) is 6.08 Å². The Morgan fingerprint density at radius 2 is 1.97 bits per heavy atom. The Morgan fingerprint density at radius 3 is 2.48 bits per heavy atom. The highest BCUT2D eigenvalue weighted by molar-refractivity contribution is 7.87. The Bertz CT molecular complexity index is 885. The van der Waals surface area contributed by atoms with Crippen molar-refractivity contribution >= 4 is 22.0 Å². The van der Waals surface area contributed by atoms with E-state index in [1.54, 1.807) is 0 Å². The van der Waals surface area contributed by atoms with Gasteiger partial charge < -0.3 is 11.1 Å². The van der Waals surface area contributed by atoms with Crippen LogP contribution in [0.1, 0.15) is 44.9 Å². The van der Waals surface area contributed by atoms with Crippen LogP contribution in [0.15, 0.2) is 12.7 Å². The van der Waals surface area contributed by atoms with Gasteiger partial charge in [0.15, 0.2) is 0 Å². The number of nitrogens with two attached hydrogens (primary N) is 1. The molecule has 3 saturated carbocycles. The number of hydrogen-bond acceptors (Lipinski definition) is 5. The summed E-state index contributed by atoms with van der Waals surface area (Å²) in [5, 5.41) is 3.26. The molecule has 8 nitrogen and oxygen atoms in total. The fourth-order valence-electron chi connectivity index (χ4n) is 6.99. The minimum atomic E-state index is -3.79. The van der Waals surface area contributed by atoms with Crippen LogP contribution in [0.25, 0.3) is 0 Å². The maximum atomic E-state index is 13.3. The Morgan fingerprint density at radius 1 is 1.24 bits per heavy atom. The first-order valence-electron chi connectivity index (χ1n) is 10.7. The van der Waals surface area contributed by atoms with E-state index in [0.717, 1.165) is 45.1 Å². The topological polar surface area (TPSA) is 122 Å². The van der Waals surface area contributed by atoms with Gasteiger partial charge in [0.2, 0.25) is 11.8 Å². The van der Waals surface area contributed by atoms with Crippen molar-refractivity contribution in [3.05, 3.63) is 12.7 Å². The maximum absolute atomic E-state index is 13.3. The average molecular weight is 423 g/mol. The third-order valence-electron chi connectivity index (χ3n) is 8.77. The first kappa shape index (κ1) is 19.5. The van der Waals surface area contributed by atoms with Crippen LogP contribution in [0.5, 0.6) is 0 Å². The number of allylic oxidation sites excluding steroid dienone is 1. The molecule has 29 heavy (non-hydrogen) atoms. The molecule has 0 bridgehead atoms. The van der Waals surface area contributed by atoms with E-state index in [2.05, 4.69) is 16.6 Å². The number of nitrogens with one attached hydrogen (secondary N) is 2. The van der Waals surface area contributed by atoms with Gasteiger partial charge in [-0.2, -0.15) is 12.7 Å². The van der Waals surface area contributed by atoms with Crippen molar-refractivity contribution in [2.24, 2.45) is 33.8 Å². The van der Waals surface area contributed by atoms with Gasteiger partial charge in [-0.15, -0.1) is 6.58 Å². The second kappa shape index (κ2) is 6.04. The summed E-state index contributed by atoms with van der Waals surface area (Å²) in [5.74, 6) is -0.533. The maximum Gasteiger partial charge on any atom is 0.303 e. The van der Waals surface area contributed by atoms with Crippen molar-refractivity contribution in [3.63, 3.8) is 0 Å². The lowest BCUT2D eigenvalue weighted by Gasteiger charge is -2.46. The summed E-state index contributed by atoms with van der Waals surface area (Å²) in [4.78, 5) is 25.0. The number of nitrogens with zero attached hydrogens (tertiary/aromatic N) is 1. The van der Waals surface area contributed by atoms with Gasteiger partial charge in [-0.3, -0.25) is 9.59 Å². The van der Waals surface area contributed by atoms with Crippen LogP contribution >= 0.6 is 0 Å². The van der Waals surface area contributed by atoms with Crippen molar-refractivity contribution < 1.29 is 18.0 Å². The molecule has 2 spiro atoms. The van der Waals surface area contributed by atoms with Crippen LogP contribution in [0.2, 0.25) is 0 Å². The molecule has 0 aromatic heterocycles. The highest BCUT2D eigenvalue weighted by Gasteiger charge is 2.82. The van der Waals surface area contributed by atoms with Crippen LogP contribution in [0.3, 0.4) is 0 Å². The monoisotopic (exact) mass is 422 g/mol. The number of hydrogen-bond donors (Lipinski definition) is 3. The number of amides is 2. The molecule has 5 fully saturated rings. The Balaban J connectivity index is 1.37. The summed E-state index contributed by atoms with van der Waals surface area (Å²) in [7, 11) is -3.79. The van der Waals surface area contributed by atoms with Gasteiger partial charge in [-0.05, 0) is 67.6 Å². The Hall–Kier alpha value is -1.45.